The van der Waals surface area contributed by atoms with Crippen LogP contribution in [0.3, 0.4) is 0 Å². The van der Waals surface area contributed by atoms with E-state index in [4.69, 9.17) is 25.8 Å². The lowest BCUT2D eigenvalue weighted by molar-refractivity contribution is 0.0946. The topological polar surface area (TPSA) is 56.8 Å². The van der Waals surface area contributed by atoms with Crippen molar-refractivity contribution in [1.29, 1.82) is 0 Å². The summed E-state index contributed by atoms with van der Waals surface area (Å²) in [5.74, 6) is 0.187. The predicted octanol–water partition coefficient (Wildman–Crippen LogP) is 3.43. The summed E-state index contributed by atoms with van der Waals surface area (Å²) in [5.41, 5.74) is 0.593. The van der Waals surface area contributed by atoms with E-state index in [0.717, 1.165) is 6.07 Å². The number of carbonyl (C=O) groups excluding carboxylic acids is 1. The van der Waals surface area contributed by atoms with Gasteiger partial charge in [-0.1, -0.05) is 11.6 Å². The van der Waals surface area contributed by atoms with Gasteiger partial charge in [0.15, 0.2) is 11.5 Å². The van der Waals surface area contributed by atoms with E-state index >= 15 is 0 Å². The Morgan fingerprint density at radius 2 is 1.71 bits per heavy atom. The van der Waals surface area contributed by atoms with Crippen LogP contribution < -0.4 is 19.5 Å². The van der Waals surface area contributed by atoms with Gasteiger partial charge in [0.25, 0.3) is 5.91 Å². The minimum absolute atomic E-state index is 0.116. The third-order valence-corrected chi connectivity index (χ3v) is 3.59. The molecule has 0 unspecified atom stereocenters. The van der Waals surface area contributed by atoms with Crippen LogP contribution in [0.5, 0.6) is 17.2 Å². The van der Waals surface area contributed by atoms with E-state index in [-0.39, 0.29) is 17.1 Å². The number of rotatable bonds is 6. The molecule has 0 atom stereocenters. The highest BCUT2D eigenvalue weighted by Crippen LogP contribution is 2.38. The Bertz CT molecular complexity index is 726. The second-order valence-electron chi connectivity index (χ2n) is 4.84. The zero-order chi connectivity index (χ0) is 17.7. The molecule has 0 saturated carbocycles. The molecule has 2 rings (SSSR count). The molecular formula is C17H17ClFNO4. The summed E-state index contributed by atoms with van der Waals surface area (Å²) in [5, 5.41) is 2.92. The van der Waals surface area contributed by atoms with Gasteiger partial charge in [-0.3, -0.25) is 4.79 Å². The number of halogens is 2. The number of amides is 1. The lowest BCUT2D eigenvalue weighted by Crippen LogP contribution is -2.24. The van der Waals surface area contributed by atoms with Gasteiger partial charge in [-0.05, 0) is 35.9 Å². The number of carbonyl (C=O) groups is 1. The van der Waals surface area contributed by atoms with Crippen molar-refractivity contribution in [2.75, 3.05) is 21.3 Å². The summed E-state index contributed by atoms with van der Waals surface area (Å²) < 4.78 is 29.4. The largest absolute Gasteiger partial charge is 0.493 e. The van der Waals surface area contributed by atoms with E-state index in [0.29, 0.717) is 22.8 Å². The number of hydrogen-bond donors (Lipinski definition) is 1. The molecule has 0 radical (unpaired) electrons. The molecule has 7 heteroatoms. The molecule has 0 aromatic heterocycles. The maximum Gasteiger partial charge on any atom is 0.254 e. The molecule has 0 aliphatic heterocycles. The zero-order valence-corrected chi connectivity index (χ0v) is 14.2. The van der Waals surface area contributed by atoms with E-state index in [1.54, 1.807) is 12.1 Å². The number of hydrogen-bond acceptors (Lipinski definition) is 4. The average molecular weight is 354 g/mol. The number of nitrogens with one attached hydrogen (secondary N) is 1. The molecule has 1 N–H and O–H groups in total. The van der Waals surface area contributed by atoms with Crippen molar-refractivity contribution >= 4 is 17.5 Å². The Hall–Kier alpha value is -2.47. The first-order chi connectivity index (χ1) is 11.5. The first-order valence-corrected chi connectivity index (χ1v) is 7.40. The summed E-state index contributed by atoms with van der Waals surface area (Å²) in [6.07, 6.45) is 0. The number of benzene rings is 2. The lowest BCUT2D eigenvalue weighted by Gasteiger charge is -2.14. The minimum Gasteiger partial charge on any atom is -0.493 e. The Morgan fingerprint density at radius 3 is 2.25 bits per heavy atom. The van der Waals surface area contributed by atoms with Crippen LogP contribution in [-0.2, 0) is 6.54 Å². The summed E-state index contributed by atoms with van der Waals surface area (Å²) in [4.78, 5) is 12.1. The fourth-order valence-corrected chi connectivity index (χ4v) is 2.36. The Labute approximate surface area is 144 Å². The summed E-state index contributed by atoms with van der Waals surface area (Å²) in [6, 6.07) is 7.22. The molecule has 0 fully saturated rings. The Balaban J connectivity index is 2.19. The lowest BCUT2D eigenvalue weighted by atomic mass is 10.1. The van der Waals surface area contributed by atoms with E-state index in [1.165, 1.54) is 33.5 Å². The van der Waals surface area contributed by atoms with Crippen molar-refractivity contribution in [2.24, 2.45) is 0 Å². The normalized spacial score (nSPS) is 10.2. The first-order valence-electron chi connectivity index (χ1n) is 7.02. The van der Waals surface area contributed by atoms with Crippen LogP contribution in [0.1, 0.15) is 15.9 Å². The van der Waals surface area contributed by atoms with E-state index in [1.807, 2.05) is 0 Å². The summed E-state index contributed by atoms with van der Waals surface area (Å²) in [6.45, 7) is 0.154. The van der Waals surface area contributed by atoms with Gasteiger partial charge in [0.2, 0.25) is 5.75 Å². The first kappa shape index (κ1) is 17.9. The van der Waals surface area contributed by atoms with Gasteiger partial charge in [0.05, 0.1) is 26.9 Å². The highest BCUT2D eigenvalue weighted by molar-refractivity contribution is 6.31. The monoisotopic (exact) mass is 353 g/mol. The summed E-state index contributed by atoms with van der Waals surface area (Å²) >= 11 is 5.80. The number of ether oxygens (including phenoxy) is 3. The van der Waals surface area contributed by atoms with Gasteiger partial charge < -0.3 is 19.5 Å². The molecule has 0 bridgehead atoms. The molecule has 5 nitrogen and oxygen atoms in total. The van der Waals surface area contributed by atoms with Crippen LogP contribution in [0.4, 0.5) is 4.39 Å². The van der Waals surface area contributed by atoms with Crippen molar-refractivity contribution < 1.29 is 23.4 Å². The average Bonchev–Trinajstić information content (AvgIpc) is 2.60. The standard InChI is InChI=1S/C17H17ClFNO4/c1-22-14-6-10(7-15(23-2)16(14)24-3)9-20-17(21)12-8-11(18)4-5-13(12)19/h4-8H,9H2,1-3H3,(H,20,21). The van der Waals surface area contributed by atoms with Crippen molar-refractivity contribution in [2.45, 2.75) is 6.54 Å². The molecular weight excluding hydrogens is 337 g/mol. The van der Waals surface area contributed by atoms with Gasteiger partial charge in [0.1, 0.15) is 5.82 Å². The van der Waals surface area contributed by atoms with Crippen LogP contribution in [0, 0.1) is 5.82 Å². The second kappa shape index (κ2) is 7.88. The third-order valence-electron chi connectivity index (χ3n) is 3.35. The molecule has 0 heterocycles. The van der Waals surface area contributed by atoms with Gasteiger partial charge in [-0.2, -0.15) is 0 Å². The van der Waals surface area contributed by atoms with Crippen LogP contribution in [0.25, 0.3) is 0 Å². The van der Waals surface area contributed by atoms with Crippen molar-refractivity contribution in [3.63, 3.8) is 0 Å². The third kappa shape index (κ3) is 3.89. The molecule has 128 valence electrons. The van der Waals surface area contributed by atoms with Gasteiger partial charge in [-0.15, -0.1) is 0 Å². The van der Waals surface area contributed by atoms with Crippen LogP contribution in [-0.4, -0.2) is 27.2 Å². The Morgan fingerprint density at radius 1 is 1.08 bits per heavy atom. The van der Waals surface area contributed by atoms with E-state index in [2.05, 4.69) is 5.32 Å². The minimum atomic E-state index is -0.637. The molecule has 2 aromatic carbocycles. The number of methoxy groups -OCH3 is 3. The SMILES string of the molecule is COc1cc(CNC(=O)c2cc(Cl)ccc2F)cc(OC)c1OC. The van der Waals surface area contributed by atoms with Crippen molar-refractivity contribution in [3.8, 4) is 17.2 Å². The zero-order valence-electron chi connectivity index (χ0n) is 13.5. The molecule has 0 saturated heterocycles. The fourth-order valence-electron chi connectivity index (χ4n) is 2.19. The summed E-state index contributed by atoms with van der Waals surface area (Å²) in [7, 11) is 4.51. The fraction of sp³-hybridized carbons (Fsp3) is 0.235. The van der Waals surface area contributed by atoms with E-state index in [9.17, 15) is 9.18 Å². The van der Waals surface area contributed by atoms with Crippen LogP contribution in [0.2, 0.25) is 5.02 Å². The van der Waals surface area contributed by atoms with Gasteiger partial charge in [-0.25, -0.2) is 4.39 Å². The second-order valence-corrected chi connectivity index (χ2v) is 5.28. The van der Waals surface area contributed by atoms with Gasteiger partial charge >= 0.3 is 0 Å². The van der Waals surface area contributed by atoms with Gasteiger partial charge in [0, 0.05) is 11.6 Å². The highest BCUT2D eigenvalue weighted by Gasteiger charge is 2.15. The molecule has 0 spiro atoms. The van der Waals surface area contributed by atoms with Crippen LogP contribution >= 0.6 is 11.6 Å². The molecule has 24 heavy (non-hydrogen) atoms. The molecule has 2 aromatic rings. The maximum absolute atomic E-state index is 13.7. The van der Waals surface area contributed by atoms with Crippen molar-refractivity contribution in [1.82, 2.24) is 5.32 Å². The molecule has 1 amide bonds. The highest BCUT2D eigenvalue weighted by atomic mass is 35.5. The Kier molecular flexibility index (Phi) is 5.87. The maximum atomic E-state index is 13.7. The molecule has 0 aliphatic carbocycles. The van der Waals surface area contributed by atoms with Crippen LogP contribution in [0.15, 0.2) is 30.3 Å². The molecule has 0 aliphatic rings. The van der Waals surface area contributed by atoms with E-state index < -0.39 is 11.7 Å². The smallest absolute Gasteiger partial charge is 0.254 e. The quantitative estimate of drug-likeness (QED) is 0.864. The predicted molar refractivity (Wildman–Crippen MR) is 88.7 cm³/mol. The van der Waals surface area contributed by atoms with Crippen molar-refractivity contribution in [3.05, 3.63) is 52.3 Å².